The lowest BCUT2D eigenvalue weighted by Crippen LogP contribution is -2.48. The first-order valence-electron chi connectivity index (χ1n) is 12.2. The van der Waals surface area contributed by atoms with E-state index in [1.54, 1.807) is 0 Å². The molecule has 1 atom stereocenters. The van der Waals surface area contributed by atoms with Crippen molar-refractivity contribution in [2.75, 3.05) is 32.7 Å². The fourth-order valence-corrected chi connectivity index (χ4v) is 5.17. The van der Waals surface area contributed by atoms with Gasteiger partial charge in [-0.25, -0.2) is 0 Å². The van der Waals surface area contributed by atoms with Crippen LogP contribution in [0.1, 0.15) is 51.9 Å². The minimum Gasteiger partial charge on any atom is -0.336 e. The summed E-state index contributed by atoms with van der Waals surface area (Å²) in [6, 6.07) is 19.0. The third kappa shape index (κ3) is 5.01. The number of hydrogen-bond donors (Lipinski definition) is 0. The summed E-state index contributed by atoms with van der Waals surface area (Å²) in [5.41, 5.74) is 3.47. The lowest BCUT2D eigenvalue weighted by atomic mass is 9.90. The molecule has 0 aliphatic carbocycles. The summed E-state index contributed by atoms with van der Waals surface area (Å²) >= 11 is 0. The Morgan fingerprint density at radius 3 is 2.64 bits per heavy atom. The van der Waals surface area contributed by atoms with Crippen molar-refractivity contribution >= 4 is 5.91 Å². The molecule has 0 radical (unpaired) electrons. The zero-order valence-electron chi connectivity index (χ0n) is 19.5. The molecular formula is C27H33N5O. The molecule has 2 aliphatic heterocycles. The van der Waals surface area contributed by atoms with Crippen molar-refractivity contribution < 1.29 is 4.79 Å². The van der Waals surface area contributed by atoms with Gasteiger partial charge in [-0.3, -0.25) is 9.69 Å². The number of carbonyl (C=O) groups is 1. The van der Waals surface area contributed by atoms with Crippen LogP contribution >= 0.6 is 0 Å². The highest BCUT2D eigenvalue weighted by Gasteiger charge is 2.25. The molecule has 1 saturated heterocycles. The number of benzene rings is 2. The van der Waals surface area contributed by atoms with Gasteiger partial charge < -0.3 is 9.47 Å². The molecule has 0 spiro atoms. The molecule has 0 N–H and O–H groups in total. The number of nitrogens with zero attached hydrogens (tertiary/aromatic N) is 5. The number of aryl methyl sites for hydroxylation is 3. The van der Waals surface area contributed by atoms with E-state index in [4.69, 9.17) is 0 Å². The topological polar surface area (TPSA) is 54.3 Å². The summed E-state index contributed by atoms with van der Waals surface area (Å²) in [5, 5.41) is 8.50. The Kier molecular flexibility index (Phi) is 6.53. The molecule has 1 amide bonds. The first kappa shape index (κ1) is 21.8. The van der Waals surface area contributed by atoms with E-state index in [2.05, 4.69) is 62.1 Å². The molecular weight excluding hydrogens is 410 g/mol. The molecule has 5 rings (SSSR count). The number of hydrogen-bond acceptors (Lipinski definition) is 4. The SMILES string of the molecule is Cc1nnc2n1C[C@H](c1cccc(C(=O)N3CCN(CCCc4ccccc4)CC3)c1)CC2. The number of carbonyl (C=O) groups excluding carboxylic acids is 1. The standard InChI is InChI=1S/C27H33N5O/c1-21-28-29-26-13-12-25(20-32(21)26)23-10-5-11-24(19-23)27(33)31-17-15-30(16-18-31)14-6-9-22-7-3-2-4-8-22/h2-5,7-8,10-11,19,25H,6,9,12-18,20H2,1H3/t25-/m1/s1. The van der Waals surface area contributed by atoms with Gasteiger partial charge in [-0.2, -0.15) is 0 Å². The van der Waals surface area contributed by atoms with Crippen molar-refractivity contribution in [1.29, 1.82) is 0 Å². The van der Waals surface area contributed by atoms with E-state index in [0.29, 0.717) is 5.92 Å². The summed E-state index contributed by atoms with van der Waals surface area (Å²) < 4.78 is 2.22. The molecule has 1 fully saturated rings. The summed E-state index contributed by atoms with van der Waals surface area (Å²) in [7, 11) is 0. The van der Waals surface area contributed by atoms with E-state index >= 15 is 0 Å². The quantitative estimate of drug-likeness (QED) is 0.583. The number of amides is 1. The first-order valence-corrected chi connectivity index (χ1v) is 12.2. The number of piperazine rings is 1. The third-order valence-corrected chi connectivity index (χ3v) is 7.18. The summed E-state index contributed by atoms with van der Waals surface area (Å²) in [5.74, 6) is 2.63. The van der Waals surface area contributed by atoms with Crippen LogP contribution < -0.4 is 0 Å². The minimum atomic E-state index is 0.165. The summed E-state index contributed by atoms with van der Waals surface area (Å²) in [6.07, 6.45) is 4.27. The second-order valence-corrected chi connectivity index (χ2v) is 9.36. The summed E-state index contributed by atoms with van der Waals surface area (Å²) in [6.45, 7) is 7.53. The van der Waals surface area contributed by atoms with Crippen molar-refractivity contribution in [2.24, 2.45) is 0 Å². The van der Waals surface area contributed by atoms with Crippen molar-refractivity contribution in [3.8, 4) is 0 Å². The van der Waals surface area contributed by atoms with Crippen LogP contribution in [0, 0.1) is 6.92 Å². The summed E-state index contributed by atoms with van der Waals surface area (Å²) in [4.78, 5) is 17.7. The van der Waals surface area contributed by atoms with Gasteiger partial charge in [0.05, 0.1) is 0 Å². The molecule has 1 aromatic heterocycles. The average Bonchev–Trinajstić information content (AvgIpc) is 3.25. The van der Waals surface area contributed by atoms with E-state index in [1.165, 1.54) is 11.1 Å². The molecule has 0 saturated carbocycles. The van der Waals surface area contributed by atoms with Crippen LogP contribution in [0.5, 0.6) is 0 Å². The Labute approximate surface area is 196 Å². The second kappa shape index (κ2) is 9.87. The molecule has 3 aromatic rings. The largest absolute Gasteiger partial charge is 0.336 e. The van der Waals surface area contributed by atoms with Gasteiger partial charge in [0.15, 0.2) is 0 Å². The van der Waals surface area contributed by atoms with Gasteiger partial charge in [-0.15, -0.1) is 10.2 Å². The monoisotopic (exact) mass is 443 g/mol. The van der Waals surface area contributed by atoms with Crippen LogP contribution in [0.4, 0.5) is 0 Å². The van der Waals surface area contributed by atoms with E-state index in [1.807, 2.05) is 24.0 Å². The van der Waals surface area contributed by atoms with Crippen LogP contribution in [0.25, 0.3) is 0 Å². The normalized spacial score (nSPS) is 18.8. The molecule has 3 heterocycles. The number of rotatable bonds is 6. The Balaban J connectivity index is 1.14. The number of fused-ring (bicyclic) bond motifs is 1. The van der Waals surface area contributed by atoms with E-state index in [-0.39, 0.29) is 5.91 Å². The predicted molar refractivity (Wildman–Crippen MR) is 129 cm³/mol. The Hall–Kier alpha value is -2.99. The smallest absolute Gasteiger partial charge is 0.253 e. The Morgan fingerprint density at radius 1 is 1.00 bits per heavy atom. The van der Waals surface area contributed by atoms with Gasteiger partial charge in [-0.1, -0.05) is 42.5 Å². The first-order chi connectivity index (χ1) is 16.2. The van der Waals surface area contributed by atoms with Crippen LogP contribution in [-0.2, 0) is 19.4 Å². The van der Waals surface area contributed by atoms with Crippen LogP contribution in [0.3, 0.4) is 0 Å². The minimum absolute atomic E-state index is 0.165. The average molecular weight is 444 g/mol. The van der Waals surface area contributed by atoms with E-state index < -0.39 is 0 Å². The zero-order chi connectivity index (χ0) is 22.6. The van der Waals surface area contributed by atoms with Crippen LogP contribution in [0.2, 0.25) is 0 Å². The Morgan fingerprint density at radius 2 is 1.82 bits per heavy atom. The van der Waals surface area contributed by atoms with E-state index in [9.17, 15) is 4.79 Å². The highest BCUT2D eigenvalue weighted by molar-refractivity contribution is 5.94. The maximum atomic E-state index is 13.2. The zero-order valence-corrected chi connectivity index (χ0v) is 19.5. The molecule has 0 unspecified atom stereocenters. The van der Waals surface area contributed by atoms with Crippen molar-refractivity contribution in [3.63, 3.8) is 0 Å². The third-order valence-electron chi connectivity index (χ3n) is 7.18. The highest BCUT2D eigenvalue weighted by Crippen LogP contribution is 2.29. The van der Waals surface area contributed by atoms with Gasteiger partial charge in [0.25, 0.3) is 5.91 Å². The fourth-order valence-electron chi connectivity index (χ4n) is 5.17. The van der Waals surface area contributed by atoms with Crippen molar-refractivity contribution in [3.05, 3.63) is 82.9 Å². The van der Waals surface area contributed by atoms with Gasteiger partial charge in [0, 0.05) is 50.6 Å². The van der Waals surface area contributed by atoms with Gasteiger partial charge in [0.1, 0.15) is 11.6 Å². The molecule has 33 heavy (non-hydrogen) atoms. The second-order valence-electron chi connectivity index (χ2n) is 9.36. The Bertz CT molecular complexity index is 1080. The van der Waals surface area contributed by atoms with Gasteiger partial charge in [-0.05, 0) is 56.0 Å². The maximum absolute atomic E-state index is 13.2. The lowest BCUT2D eigenvalue weighted by molar-refractivity contribution is 0.0636. The molecule has 2 aliphatic rings. The van der Waals surface area contributed by atoms with Crippen molar-refractivity contribution in [1.82, 2.24) is 24.6 Å². The molecule has 172 valence electrons. The van der Waals surface area contributed by atoms with Crippen molar-refractivity contribution in [2.45, 2.75) is 45.1 Å². The predicted octanol–water partition coefficient (Wildman–Crippen LogP) is 3.71. The van der Waals surface area contributed by atoms with Crippen LogP contribution in [0.15, 0.2) is 54.6 Å². The van der Waals surface area contributed by atoms with E-state index in [0.717, 1.165) is 82.2 Å². The lowest BCUT2D eigenvalue weighted by Gasteiger charge is -2.35. The highest BCUT2D eigenvalue weighted by atomic mass is 16.2. The maximum Gasteiger partial charge on any atom is 0.253 e. The van der Waals surface area contributed by atoms with Crippen LogP contribution in [-0.4, -0.2) is 63.2 Å². The van der Waals surface area contributed by atoms with Gasteiger partial charge in [0.2, 0.25) is 0 Å². The molecule has 0 bridgehead atoms. The molecule has 2 aromatic carbocycles. The fraction of sp³-hybridized carbons (Fsp3) is 0.444. The molecule has 6 heteroatoms. The number of aromatic nitrogens is 3. The molecule has 6 nitrogen and oxygen atoms in total. The van der Waals surface area contributed by atoms with Gasteiger partial charge >= 0.3 is 0 Å².